The van der Waals surface area contributed by atoms with E-state index in [2.05, 4.69) is 36.4 Å². The molecule has 0 fully saturated rings. The van der Waals surface area contributed by atoms with Crippen LogP contribution in [-0.2, 0) is 6.16 Å². The zero-order valence-electron chi connectivity index (χ0n) is 19.4. The maximum atomic E-state index is 12.0. The summed E-state index contributed by atoms with van der Waals surface area (Å²) in [5, 5.41) is 15.1. The first-order chi connectivity index (χ1) is 16.3. The van der Waals surface area contributed by atoms with Crippen LogP contribution in [0.4, 0.5) is 5.69 Å². The van der Waals surface area contributed by atoms with Crippen LogP contribution in [0, 0.1) is 24.0 Å². The van der Waals surface area contributed by atoms with Crippen LogP contribution >= 0.6 is 17.2 Å². The number of nitro benzene ring substituents is 1. The van der Waals surface area contributed by atoms with E-state index in [-0.39, 0.29) is 16.4 Å². The quantitative estimate of drug-likeness (QED) is 0.171. The Balaban J connectivity index is 2.14. The van der Waals surface area contributed by atoms with Gasteiger partial charge in [-0.1, -0.05) is 0 Å². The van der Waals surface area contributed by atoms with E-state index in [1.807, 2.05) is 61.5 Å². The number of rotatable bonds is 7. The molecule has 0 bridgehead atoms. The Bertz CT molecular complexity index is 1230. The molecular formula is C28H27ClNO3P. The maximum absolute atomic E-state index is 12.0. The molecule has 0 unspecified atom stereocenters. The van der Waals surface area contributed by atoms with Crippen LogP contribution in [0.25, 0.3) is 0 Å². The van der Waals surface area contributed by atoms with Crippen molar-refractivity contribution in [1.29, 1.82) is 0 Å². The Morgan fingerprint density at radius 3 is 1.59 bits per heavy atom. The summed E-state index contributed by atoms with van der Waals surface area (Å²) < 4.78 is 5.37. The molecule has 0 aliphatic carbocycles. The fourth-order valence-electron chi connectivity index (χ4n) is 4.84. The van der Waals surface area contributed by atoms with Crippen molar-refractivity contribution in [3.63, 3.8) is 0 Å². The Labute approximate surface area is 205 Å². The van der Waals surface area contributed by atoms with Crippen molar-refractivity contribution in [2.75, 3.05) is 7.11 Å². The summed E-state index contributed by atoms with van der Waals surface area (Å²) in [5.74, 6) is -3.37. The van der Waals surface area contributed by atoms with Gasteiger partial charge in [0.1, 0.15) is 0 Å². The zero-order valence-corrected chi connectivity index (χ0v) is 21.1. The fraction of sp³-hybridized carbons (Fsp3) is 0.143. The van der Waals surface area contributed by atoms with Crippen molar-refractivity contribution in [3.8, 4) is 5.75 Å². The molecule has 0 spiro atoms. The second-order valence-corrected chi connectivity index (χ2v) is 14.9. The molecule has 4 aromatic carbocycles. The number of halogens is 1. The van der Waals surface area contributed by atoms with Gasteiger partial charge in [-0.2, -0.15) is 0 Å². The molecule has 0 atom stereocenters. The number of ether oxygens (including phenoxy) is 1. The topological polar surface area (TPSA) is 52.4 Å². The first kappa shape index (κ1) is 23.9. The molecule has 0 saturated carbocycles. The molecule has 0 radical (unpaired) electrons. The summed E-state index contributed by atoms with van der Waals surface area (Å²) >= 11 is 8.19. The van der Waals surface area contributed by atoms with Gasteiger partial charge in [-0.15, -0.1) is 0 Å². The van der Waals surface area contributed by atoms with E-state index >= 15 is 0 Å². The summed E-state index contributed by atoms with van der Waals surface area (Å²) in [6.45, 7) is 3.76. The summed E-state index contributed by atoms with van der Waals surface area (Å²) in [4.78, 5) is 11.7. The Hall–Kier alpha value is -3.20. The standard InChI is InChI=1S/C28H27ClNO3P/c1-21-19-27(33-3)28(30(31)32)22(2)26(21)20-34(29,23-13-7-4-8-14-23,24-15-9-5-10-16-24)25-17-11-6-12-18-25/h4-19H,20H2,1-3H3. The average molecular weight is 492 g/mol. The van der Waals surface area contributed by atoms with E-state index in [1.165, 1.54) is 7.11 Å². The molecule has 34 heavy (non-hydrogen) atoms. The minimum absolute atomic E-state index is 0.0148. The van der Waals surface area contributed by atoms with Crippen molar-refractivity contribution in [1.82, 2.24) is 0 Å². The van der Waals surface area contributed by atoms with Gasteiger partial charge in [-0.25, -0.2) is 0 Å². The average Bonchev–Trinajstić information content (AvgIpc) is 2.87. The van der Waals surface area contributed by atoms with Crippen LogP contribution < -0.4 is 20.7 Å². The second kappa shape index (κ2) is 9.21. The molecule has 4 aromatic rings. The summed E-state index contributed by atoms with van der Waals surface area (Å²) in [6.07, 6.45) is 0.438. The summed E-state index contributed by atoms with van der Waals surface area (Å²) in [6, 6.07) is 32.2. The van der Waals surface area contributed by atoms with E-state index in [0.717, 1.165) is 27.0 Å². The molecule has 0 aromatic heterocycles. The molecule has 174 valence electrons. The van der Waals surface area contributed by atoms with E-state index in [1.54, 1.807) is 13.0 Å². The number of hydrogen-bond donors (Lipinski definition) is 0. The van der Waals surface area contributed by atoms with E-state index < -0.39 is 5.96 Å². The van der Waals surface area contributed by atoms with Gasteiger partial charge in [0.25, 0.3) is 0 Å². The van der Waals surface area contributed by atoms with Crippen molar-refractivity contribution < 1.29 is 9.66 Å². The second-order valence-electron chi connectivity index (χ2n) is 8.45. The first-order valence-electron chi connectivity index (χ1n) is 11.0. The van der Waals surface area contributed by atoms with Gasteiger partial charge >= 0.3 is 205 Å². The van der Waals surface area contributed by atoms with Gasteiger partial charge in [-0.05, 0) is 0 Å². The predicted molar refractivity (Wildman–Crippen MR) is 144 cm³/mol. The normalized spacial score (nSPS) is 12.5. The van der Waals surface area contributed by atoms with Gasteiger partial charge in [-0.3, -0.25) is 0 Å². The summed E-state index contributed by atoms with van der Waals surface area (Å²) in [7, 11) is 1.46. The van der Waals surface area contributed by atoms with E-state index in [9.17, 15) is 10.1 Å². The molecule has 0 saturated heterocycles. The Morgan fingerprint density at radius 1 is 0.824 bits per heavy atom. The third kappa shape index (κ3) is 3.77. The molecule has 0 heterocycles. The Morgan fingerprint density at radius 2 is 1.24 bits per heavy atom. The van der Waals surface area contributed by atoms with Crippen LogP contribution in [0.15, 0.2) is 97.1 Å². The third-order valence-electron chi connectivity index (χ3n) is 6.61. The van der Waals surface area contributed by atoms with Crippen molar-refractivity contribution in [3.05, 3.63) is 124 Å². The number of aryl methyl sites for hydroxylation is 1. The molecule has 0 aliphatic heterocycles. The first-order valence-corrected chi connectivity index (χ1v) is 14.3. The minimum atomic E-state index is -3.63. The molecular weight excluding hydrogens is 465 g/mol. The van der Waals surface area contributed by atoms with Gasteiger partial charge in [0.05, 0.1) is 0 Å². The van der Waals surface area contributed by atoms with Crippen LogP contribution in [0.1, 0.15) is 16.7 Å². The number of methoxy groups -OCH3 is 1. The Kier molecular flexibility index (Phi) is 6.49. The van der Waals surface area contributed by atoms with Gasteiger partial charge in [0.15, 0.2) is 0 Å². The molecule has 0 N–H and O–H groups in total. The third-order valence-corrected chi connectivity index (χ3v) is 13.8. The van der Waals surface area contributed by atoms with Crippen LogP contribution in [0.5, 0.6) is 5.75 Å². The SMILES string of the molecule is COc1cc(C)c(CP(Cl)(c2ccccc2)(c2ccccc2)c2ccccc2)c(C)c1[N+](=O)[O-]. The number of nitrogens with zero attached hydrogens (tertiary/aromatic N) is 1. The number of hydrogen-bond acceptors (Lipinski definition) is 3. The molecule has 4 nitrogen and oxygen atoms in total. The van der Waals surface area contributed by atoms with E-state index in [4.69, 9.17) is 16.0 Å². The van der Waals surface area contributed by atoms with Gasteiger partial charge < -0.3 is 0 Å². The van der Waals surface area contributed by atoms with Crippen molar-refractivity contribution in [2.24, 2.45) is 0 Å². The van der Waals surface area contributed by atoms with Crippen molar-refractivity contribution in [2.45, 2.75) is 20.0 Å². The van der Waals surface area contributed by atoms with Crippen LogP contribution in [0.3, 0.4) is 0 Å². The molecule has 0 aliphatic rings. The summed E-state index contributed by atoms with van der Waals surface area (Å²) in [5.41, 5.74) is 2.35. The van der Waals surface area contributed by atoms with Gasteiger partial charge in [0, 0.05) is 0 Å². The van der Waals surface area contributed by atoms with E-state index in [0.29, 0.717) is 11.7 Å². The zero-order chi connectivity index (χ0) is 24.4. The molecule has 4 rings (SSSR count). The number of nitro groups is 1. The van der Waals surface area contributed by atoms with Crippen LogP contribution in [0.2, 0.25) is 0 Å². The van der Waals surface area contributed by atoms with Gasteiger partial charge in [0.2, 0.25) is 0 Å². The fourth-order valence-corrected chi connectivity index (χ4v) is 11.1. The predicted octanol–water partition coefficient (Wildman–Crippen LogP) is 6.40. The molecule has 0 amide bonds. The molecule has 6 heteroatoms. The van der Waals surface area contributed by atoms with Crippen molar-refractivity contribution >= 4 is 38.8 Å². The van der Waals surface area contributed by atoms with Crippen LogP contribution in [-0.4, -0.2) is 12.0 Å². The number of benzene rings is 4. The monoisotopic (exact) mass is 491 g/mol.